The van der Waals surface area contributed by atoms with E-state index >= 15 is 0 Å². The minimum atomic E-state index is -0.0694. The van der Waals surface area contributed by atoms with Crippen molar-refractivity contribution in [3.8, 4) is 0 Å². The van der Waals surface area contributed by atoms with E-state index in [2.05, 4.69) is 28.5 Å². The highest BCUT2D eigenvalue weighted by Crippen LogP contribution is 2.26. The van der Waals surface area contributed by atoms with Crippen LogP contribution in [0.1, 0.15) is 16.0 Å². The molecule has 0 saturated carbocycles. The Morgan fingerprint density at radius 3 is 2.97 bits per heavy atom. The number of hydrogen-bond donors (Lipinski definition) is 1. The second kappa shape index (κ2) is 8.14. The number of nitrogens with one attached hydrogen (secondary N) is 1. The molecule has 6 nitrogen and oxygen atoms in total. The first-order valence-electron chi connectivity index (χ1n) is 9.36. The Morgan fingerprint density at radius 2 is 2.14 bits per heavy atom. The van der Waals surface area contributed by atoms with Crippen molar-refractivity contribution in [1.82, 2.24) is 14.8 Å². The van der Waals surface area contributed by atoms with Crippen molar-refractivity contribution < 1.29 is 9.59 Å². The van der Waals surface area contributed by atoms with Gasteiger partial charge in [-0.25, -0.2) is 4.98 Å². The van der Waals surface area contributed by atoms with E-state index in [1.165, 1.54) is 10.1 Å². The van der Waals surface area contributed by atoms with Gasteiger partial charge < -0.3 is 10.2 Å². The van der Waals surface area contributed by atoms with E-state index in [0.717, 1.165) is 16.0 Å². The highest BCUT2D eigenvalue weighted by atomic mass is 32.1. The fourth-order valence-electron chi connectivity index (χ4n) is 3.34. The van der Waals surface area contributed by atoms with Crippen molar-refractivity contribution >= 4 is 45.1 Å². The Hall–Kier alpha value is -3.03. The lowest BCUT2D eigenvalue weighted by Gasteiger charge is -2.14. The summed E-state index contributed by atoms with van der Waals surface area (Å²) < 4.78 is 1.23. The number of carbonyl (C=O) groups is 2. The highest BCUT2D eigenvalue weighted by Gasteiger charge is 2.17. The van der Waals surface area contributed by atoms with Crippen molar-refractivity contribution in [1.29, 1.82) is 0 Å². The first-order valence-corrected chi connectivity index (χ1v) is 10.2. The molecule has 2 amide bonds. The van der Waals surface area contributed by atoms with E-state index in [-0.39, 0.29) is 11.8 Å². The first-order chi connectivity index (χ1) is 14.0. The van der Waals surface area contributed by atoms with Crippen LogP contribution in [0.2, 0.25) is 0 Å². The number of aromatic nitrogens is 1. The zero-order valence-corrected chi connectivity index (χ0v) is 17.2. The average molecular weight is 407 g/mol. The van der Waals surface area contributed by atoms with Gasteiger partial charge in [-0.3, -0.25) is 14.5 Å². The number of hydrogen-bond acceptors (Lipinski definition) is 5. The van der Waals surface area contributed by atoms with Gasteiger partial charge in [-0.15, -0.1) is 11.3 Å². The summed E-state index contributed by atoms with van der Waals surface area (Å²) in [6, 6.07) is 12.3. The molecule has 1 N–H and O–H groups in total. The van der Waals surface area contributed by atoms with Gasteiger partial charge in [0.1, 0.15) is 5.82 Å². The number of thiophene rings is 1. The number of amides is 2. The molecule has 7 heteroatoms. The largest absolute Gasteiger partial charge is 0.337 e. The van der Waals surface area contributed by atoms with Crippen LogP contribution in [-0.2, 0) is 22.7 Å². The van der Waals surface area contributed by atoms with Gasteiger partial charge in [0, 0.05) is 41.0 Å². The third-order valence-electron chi connectivity index (χ3n) is 4.76. The number of benzene rings is 1. The lowest BCUT2D eigenvalue weighted by atomic mass is 10.1. The molecule has 0 fully saturated rings. The molecule has 0 spiro atoms. The lowest BCUT2D eigenvalue weighted by molar-refractivity contribution is -0.125. The Morgan fingerprint density at radius 1 is 1.31 bits per heavy atom. The van der Waals surface area contributed by atoms with Crippen molar-refractivity contribution in [2.45, 2.75) is 13.1 Å². The Bertz CT molecular complexity index is 1070. The normalized spacial score (nSPS) is 14.6. The molecule has 3 heterocycles. The van der Waals surface area contributed by atoms with Crippen molar-refractivity contribution in [3.05, 3.63) is 64.7 Å². The quantitative estimate of drug-likeness (QED) is 0.675. The third-order valence-corrected chi connectivity index (χ3v) is 5.86. The van der Waals surface area contributed by atoms with Gasteiger partial charge in [0.25, 0.3) is 0 Å². The summed E-state index contributed by atoms with van der Waals surface area (Å²) in [4.78, 5) is 33.4. The number of pyridine rings is 1. The molecule has 0 unspecified atom stereocenters. The maximum Gasteiger partial charge on any atom is 0.246 e. The summed E-state index contributed by atoms with van der Waals surface area (Å²) in [5, 5.41) is 4.02. The van der Waals surface area contributed by atoms with Gasteiger partial charge in [-0.1, -0.05) is 18.2 Å². The van der Waals surface area contributed by atoms with Crippen LogP contribution in [-0.4, -0.2) is 47.2 Å². The Labute approximate surface area is 173 Å². The van der Waals surface area contributed by atoms with Crippen LogP contribution >= 0.6 is 11.3 Å². The number of nitrogens with zero attached hydrogens (tertiary/aromatic N) is 3. The van der Waals surface area contributed by atoms with Gasteiger partial charge in [0.2, 0.25) is 11.8 Å². The van der Waals surface area contributed by atoms with E-state index in [4.69, 9.17) is 0 Å². The molecule has 2 aromatic heterocycles. The van der Waals surface area contributed by atoms with Gasteiger partial charge >= 0.3 is 0 Å². The average Bonchev–Trinajstić information content (AvgIpc) is 3.02. The Balaban J connectivity index is 1.44. The molecule has 0 bridgehead atoms. The van der Waals surface area contributed by atoms with Crippen LogP contribution < -0.4 is 5.32 Å². The van der Waals surface area contributed by atoms with Crippen LogP contribution in [0.15, 0.2) is 48.7 Å². The maximum absolute atomic E-state index is 12.5. The van der Waals surface area contributed by atoms with Crippen molar-refractivity contribution in [2.24, 2.45) is 0 Å². The summed E-state index contributed by atoms with van der Waals surface area (Å²) in [6.07, 6.45) is 5.00. The summed E-state index contributed by atoms with van der Waals surface area (Å²) in [5.41, 5.74) is 1.77. The number of likely N-dealkylation sites (N-methyl/N-ethyl adjacent to an activating group) is 2. The molecule has 1 aliphatic rings. The van der Waals surface area contributed by atoms with Gasteiger partial charge in [0.15, 0.2) is 0 Å². The summed E-state index contributed by atoms with van der Waals surface area (Å²) in [7, 11) is 3.69. The van der Waals surface area contributed by atoms with Crippen LogP contribution in [0.5, 0.6) is 0 Å². The van der Waals surface area contributed by atoms with Gasteiger partial charge in [-0.2, -0.15) is 0 Å². The molecule has 0 aliphatic carbocycles. The van der Waals surface area contributed by atoms with E-state index in [1.54, 1.807) is 41.6 Å². The van der Waals surface area contributed by atoms with Crippen molar-refractivity contribution in [2.75, 3.05) is 26.0 Å². The molecule has 29 heavy (non-hydrogen) atoms. The molecule has 1 aliphatic heterocycles. The molecular weight excluding hydrogens is 384 g/mol. The third kappa shape index (κ3) is 4.52. The molecule has 0 saturated heterocycles. The van der Waals surface area contributed by atoms with Crippen LogP contribution in [0.25, 0.3) is 16.2 Å². The fourth-order valence-corrected chi connectivity index (χ4v) is 4.46. The lowest BCUT2D eigenvalue weighted by Crippen LogP contribution is -2.26. The summed E-state index contributed by atoms with van der Waals surface area (Å²) >= 11 is 1.71. The summed E-state index contributed by atoms with van der Waals surface area (Å²) in [6.45, 7) is 1.53. The molecular formula is C22H22N4O2S. The SMILES string of the molecule is CN1CC(=O)Nc2ncc(/C=C/C(=O)N(C)Cc3cc4ccccc4s3)cc2C1. The second-order valence-electron chi connectivity index (χ2n) is 7.28. The van der Waals surface area contributed by atoms with E-state index in [9.17, 15) is 9.59 Å². The highest BCUT2D eigenvalue weighted by molar-refractivity contribution is 7.19. The minimum absolute atomic E-state index is 0.0668. The smallest absolute Gasteiger partial charge is 0.246 e. The molecule has 1 aromatic carbocycles. The molecule has 3 aromatic rings. The zero-order valence-electron chi connectivity index (χ0n) is 16.4. The van der Waals surface area contributed by atoms with E-state index in [0.29, 0.717) is 25.5 Å². The predicted octanol–water partition coefficient (Wildman–Crippen LogP) is 3.35. The standard InChI is InChI=1S/C22H22N4O2S/c1-25-12-17-9-15(11-23-22(17)24-20(27)14-25)7-8-21(28)26(2)13-18-10-16-5-3-4-6-19(16)29-18/h3-11H,12-14H2,1-2H3,(H,23,24,27)/b8-7+. The van der Waals surface area contributed by atoms with Crippen LogP contribution in [0, 0.1) is 0 Å². The number of fused-ring (bicyclic) bond motifs is 2. The molecule has 148 valence electrons. The second-order valence-corrected chi connectivity index (χ2v) is 8.44. The monoisotopic (exact) mass is 406 g/mol. The number of carbonyl (C=O) groups excluding carboxylic acids is 2. The molecule has 0 atom stereocenters. The van der Waals surface area contributed by atoms with E-state index in [1.807, 2.05) is 30.1 Å². The maximum atomic E-state index is 12.5. The number of anilines is 1. The van der Waals surface area contributed by atoms with Gasteiger partial charge in [0.05, 0.1) is 13.1 Å². The topological polar surface area (TPSA) is 65.5 Å². The molecule has 0 radical (unpaired) electrons. The van der Waals surface area contributed by atoms with Crippen LogP contribution in [0.3, 0.4) is 0 Å². The van der Waals surface area contributed by atoms with Crippen molar-refractivity contribution in [3.63, 3.8) is 0 Å². The number of rotatable bonds is 4. The fraction of sp³-hybridized carbons (Fsp3) is 0.227. The Kier molecular flexibility index (Phi) is 5.42. The van der Waals surface area contributed by atoms with Gasteiger partial charge in [-0.05, 0) is 42.3 Å². The zero-order chi connectivity index (χ0) is 20.4. The first kappa shape index (κ1) is 19.3. The minimum Gasteiger partial charge on any atom is -0.337 e. The predicted molar refractivity (Wildman–Crippen MR) is 117 cm³/mol. The van der Waals surface area contributed by atoms with Crippen LogP contribution in [0.4, 0.5) is 5.82 Å². The molecule has 4 rings (SSSR count). The van der Waals surface area contributed by atoms with E-state index < -0.39 is 0 Å². The summed E-state index contributed by atoms with van der Waals surface area (Å²) in [5.74, 6) is 0.451.